The van der Waals surface area contributed by atoms with E-state index in [0.717, 1.165) is 42.3 Å². The summed E-state index contributed by atoms with van der Waals surface area (Å²) in [5, 5.41) is 1.08. The summed E-state index contributed by atoms with van der Waals surface area (Å²) in [6.07, 6.45) is 12.1. The number of benzene rings is 1. The van der Waals surface area contributed by atoms with Crippen LogP contribution in [0.4, 0.5) is 4.79 Å². The molecule has 0 bridgehead atoms. The molecule has 116 valence electrons. The van der Waals surface area contributed by atoms with E-state index in [1.807, 2.05) is 43.3 Å². The molecule has 0 amide bonds. The number of ether oxygens (including phenoxy) is 1. The van der Waals surface area contributed by atoms with Crippen molar-refractivity contribution in [3.05, 3.63) is 60.3 Å². The van der Waals surface area contributed by atoms with Crippen LogP contribution in [0.25, 0.3) is 10.9 Å². The Hall–Kier alpha value is -2.29. The number of aromatic nitrogens is 1. The van der Waals surface area contributed by atoms with Gasteiger partial charge in [-0.25, -0.2) is 9.36 Å². The molecule has 1 heterocycles. The molecule has 0 aliphatic heterocycles. The lowest BCUT2D eigenvalue weighted by Gasteiger charge is -2.07. The molecule has 0 aliphatic carbocycles. The molecule has 0 radical (unpaired) electrons. The first-order valence-electron chi connectivity index (χ1n) is 7.73. The van der Waals surface area contributed by atoms with Gasteiger partial charge in [0.2, 0.25) is 0 Å². The second-order valence-electron chi connectivity index (χ2n) is 5.20. The van der Waals surface area contributed by atoms with Gasteiger partial charge in [-0.15, -0.1) is 0 Å². The fraction of sp³-hybridized carbons (Fsp3) is 0.316. The van der Waals surface area contributed by atoms with E-state index >= 15 is 0 Å². The molecule has 0 N–H and O–H groups in total. The van der Waals surface area contributed by atoms with Crippen molar-refractivity contribution >= 4 is 17.0 Å². The number of para-hydroxylation sites is 1. The van der Waals surface area contributed by atoms with E-state index in [-0.39, 0.29) is 6.09 Å². The van der Waals surface area contributed by atoms with Crippen LogP contribution in [-0.2, 0) is 11.2 Å². The van der Waals surface area contributed by atoms with Gasteiger partial charge in [0.1, 0.15) is 0 Å². The van der Waals surface area contributed by atoms with E-state index in [0.29, 0.717) is 0 Å². The van der Waals surface area contributed by atoms with Crippen molar-refractivity contribution in [2.24, 2.45) is 0 Å². The van der Waals surface area contributed by atoms with Crippen LogP contribution in [0.3, 0.4) is 0 Å². The molecular weight excluding hydrogens is 274 g/mol. The maximum Gasteiger partial charge on any atom is 0.418 e. The van der Waals surface area contributed by atoms with E-state index in [1.54, 1.807) is 4.57 Å². The minimum Gasteiger partial charge on any atom is -0.452 e. The number of rotatable bonds is 6. The lowest BCUT2D eigenvalue weighted by molar-refractivity contribution is 0.173. The minimum atomic E-state index is -0.316. The Morgan fingerprint density at radius 3 is 2.82 bits per heavy atom. The summed E-state index contributed by atoms with van der Waals surface area (Å²) in [5.41, 5.74) is 1.93. The normalized spacial score (nSPS) is 11.7. The number of hydrogen-bond donors (Lipinski definition) is 0. The summed E-state index contributed by atoms with van der Waals surface area (Å²) in [4.78, 5) is 12.0. The molecule has 0 atom stereocenters. The Kier molecular flexibility index (Phi) is 6.01. The Labute approximate surface area is 131 Å². The average molecular weight is 297 g/mol. The van der Waals surface area contributed by atoms with Crippen LogP contribution in [0.5, 0.6) is 0 Å². The van der Waals surface area contributed by atoms with Crippen LogP contribution >= 0.6 is 0 Å². The highest BCUT2D eigenvalue weighted by atomic mass is 16.5. The van der Waals surface area contributed by atoms with Gasteiger partial charge in [0.25, 0.3) is 0 Å². The first-order chi connectivity index (χ1) is 10.8. The molecule has 22 heavy (non-hydrogen) atoms. The largest absolute Gasteiger partial charge is 0.452 e. The van der Waals surface area contributed by atoms with Crippen LogP contribution in [0, 0.1) is 0 Å². The van der Waals surface area contributed by atoms with Crippen molar-refractivity contribution in [2.75, 3.05) is 7.11 Å². The molecule has 3 nitrogen and oxygen atoms in total. The van der Waals surface area contributed by atoms with Crippen LogP contribution < -0.4 is 0 Å². The number of methoxy groups -OCH3 is 1. The van der Waals surface area contributed by atoms with Crippen LogP contribution in [0.2, 0.25) is 0 Å². The Balaban J connectivity index is 2.05. The highest BCUT2D eigenvalue weighted by Crippen LogP contribution is 2.21. The molecule has 0 aliphatic rings. The van der Waals surface area contributed by atoms with Crippen molar-refractivity contribution < 1.29 is 9.53 Å². The fourth-order valence-corrected chi connectivity index (χ4v) is 2.56. The van der Waals surface area contributed by atoms with Crippen LogP contribution in [0.1, 0.15) is 31.9 Å². The van der Waals surface area contributed by atoms with E-state index in [1.165, 1.54) is 7.11 Å². The van der Waals surface area contributed by atoms with Gasteiger partial charge in [-0.05, 0) is 44.7 Å². The zero-order valence-corrected chi connectivity index (χ0v) is 13.3. The van der Waals surface area contributed by atoms with Crippen LogP contribution in [0.15, 0.2) is 54.6 Å². The quantitative estimate of drug-likeness (QED) is 0.548. The Morgan fingerprint density at radius 2 is 2.05 bits per heavy atom. The summed E-state index contributed by atoms with van der Waals surface area (Å²) >= 11 is 0. The molecule has 1 aromatic heterocycles. The molecule has 1 aromatic carbocycles. The smallest absolute Gasteiger partial charge is 0.418 e. The molecule has 0 fully saturated rings. The van der Waals surface area contributed by atoms with E-state index < -0.39 is 0 Å². The Morgan fingerprint density at radius 1 is 1.23 bits per heavy atom. The minimum absolute atomic E-state index is 0.316. The summed E-state index contributed by atoms with van der Waals surface area (Å²) < 4.78 is 6.61. The van der Waals surface area contributed by atoms with Gasteiger partial charge in [-0.2, -0.15) is 0 Å². The number of carbonyl (C=O) groups excluding carboxylic acids is 1. The Bertz CT molecular complexity index is 680. The number of aryl methyl sites for hydroxylation is 1. The van der Waals surface area contributed by atoms with Crippen molar-refractivity contribution in [1.29, 1.82) is 0 Å². The van der Waals surface area contributed by atoms with Gasteiger partial charge in [-0.1, -0.05) is 42.5 Å². The number of unbranched alkanes of at least 4 members (excludes halogenated alkanes) is 2. The average Bonchev–Trinajstić information content (AvgIpc) is 2.91. The summed E-state index contributed by atoms with van der Waals surface area (Å²) in [7, 11) is 1.42. The van der Waals surface area contributed by atoms with E-state index in [2.05, 4.69) is 18.2 Å². The summed E-state index contributed by atoms with van der Waals surface area (Å²) in [6, 6.07) is 9.99. The second kappa shape index (κ2) is 8.23. The number of fused-ring (bicyclic) bond motifs is 1. The molecule has 2 aromatic rings. The van der Waals surface area contributed by atoms with Crippen LogP contribution in [-0.4, -0.2) is 17.8 Å². The molecule has 0 saturated carbocycles. The topological polar surface area (TPSA) is 31.2 Å². The number of nitrogens with zero attached hydrogens (tertiary/aromatic N) is 1. The van der Waals surface area contributed by atoms with Gasteiger partial charge in [-0.3, -0.25) is 0 Å². The molecular formula is C19H23NO2. The highest BCUT2D eigenvalue weighted by molar-refractivity contribution is 5.90. The van der Waals surface area contributed by atoms with Crippen molar-refractivity contribution in [1.82, 2.24) is 4.57 Å². The number of carbonyl (C=O) groups is 1. The van der Waals surface area contributed by atoms with Crippen molar-refractivity contribution in [3.63, 3.8) is 0 Å². The zero-order valence-electron chi connectivity index (χ0n) is 13.3. The molecule has 0 saturated heterocycles. The first kappa shape index (κ1) is 16.1. The van der Waals surface area contributed by atoms with Gasteiger partial charge >= 0.3 is 6.09 Å². The monoisotopic (exact) mass is 297 g/mol. The predicted molar refractivity (Wildman–Crippen MR) is 91.3 cm³/mol. The molecule has 2 rings (SSSR count). The first-order valence-corrected chi connectivity index (χ1v) is 7.73. The maximum atomic E-state index is 12.0. The van der Waals surface area contributed by atoms with Crippen molar-refractivity contribution in [2.45, 2.75) is 32.6 Å². The predicted octanol–water partition coefficient (Wildman–Crippen LogP) is 5.10. The van der Waals surface area contributed by atoms with Crippen molar-refractivity contribution in [3.8, 4) is 0 Å². The number of hydrogen-bond acceptors (Lipinski definition) is 2. The van der Waals surface area contributed by atoms with Gasteiger partial charge < -0.3 is 4.74 Å². The fourth-order valence-electron chi connectivity index (χ4n) is 2.56. The highest BCUT2D eigenvalue weighted by Gasteiger charge is 2.14. The SMILES string of the molecule is C/C=C/C=C/CCCCc1cc2ccccc2n1C(=O)OC. The standard InChI is InChI=1S/C19H23NO2/c1-3-4-5-6-7-8-9-13-17-15-16-12-10-11-14-18(16)20(17)19(21)22-2/h3-6,10-12,14-15H,7-9,13H2,1-2H3/b4-3+,6-5+. The summed E-state index contributed by atoms with van der Waals surface area (Å²) in [6.45, 7) is 2.01. The van der Waals surface area contributed by atoms with Gasteiger partial charge in [0.15, 0.2) is 0 Å². The number of allylic oxidation sites excluding steroid dienone is 4. The second-order valence-corrected chi connectivity index (χ2v) is 5.20. The van der Waals surface area contributed by atoms with Gasteiger partial charge in [0, 0.05) is 11.1 Å². The molecule has 0 spiro atoms. The van der Waals surface area contributed by atoms with E-state index in [9.17, 15) is 4.79 Å². The third-order valence-electron chi connectivity index (χ3n) is 3.64. The molecule has 0 unspecified atom stereocenters. The van der Waals surface area contributed by atoms with Gasteiger partial charge in [0.05, 0.1) is 12.6 Å². The third kappa shape index (κ3) is 3.88. The summed E-state index contributed by atoms with van der Waals surface area (Å²) in [5.74, 6) is 0. The van der Waals surface area contributed by atoms with E-state index in [4.69, 9.17) is 4.74 Å². The molecule has 3 heteroatoms. The third-order valence-corrected chi connectivity index (χ3v) is 3.64. The lowest BCUT2D eigenvalue weighted by Crippen LogP contribution is -2.14. The lowest BCUT2D eigenvalue weighted by atomic mass is 10.1. The zero-order chi connectivity index (χ0) is 15.8. The maximum absolute atomic E-state index is 12.0.